The number of hydrogen-bond acceptors (Lipinski definition) is 2. The Morgan fingerprint density at radius 2 is 0.889 bits per heavy atom. The zero-order chi connectivity index (χ0) is 2.71. The van der Waals surface area contributed by atoms with Crippen LogP contribution < -0.4 is 80.8 Å². The van der Waals surface area contributed by atoms with Crippen LogP contribution in [0.3, 0.4) is 0 Å². The summed E-state index contributed by atoms with van der Waals surface area (Å²) in [6, 6.07) is 0. The van der Waals surface area contributed by atoms with Crippen molar-refractivity contribution in [3.8, 4) is 0 Å². The summed E-state index contributed by atoms with van der Waals surface area (Å²) >= 11 is -0.417. The first kappa shape index (κ1) is 63.0. The summed E-state index contributed by atoms with van der Waals surface area (Å²) in [6.45, 7) is 0. The number of hydrogen-bond donors (Lipinski definition) is 0. The van der Waals surface area contributed by atoms with E-state index in [0.29, 0.717) is 0 Å². The Morgan fingerprint density at radius 1 is 0.889 bits per heavy atom. The van der Waals surface area contributed by atoms with Gasteiger partial charge in [0, 0.05) is 0 Å². The van der Waals surface area contributed by atoms with E-state index in [2.05, 4.69) is 0 Å². The zero-order valence-electron chi connectivity index (χ0n) is 4.07. The van der Waals surface area contributed by atoms with E-state index < -0.39 is 11.3 Å². The van der Waals surface area contributed by atoms with Crippen LogP contribution in [0, 0.1) is 11.3 Å². The van der Waals surface area contributed by atoms with Gasteiger partial charge in [-0.1, -0.05) is 14.9 Å². The molecular weight excluding hydrogens is 189 g/mol. The second-order valence-electron chi connectivity index (χ2n) is 0.0630. The molecule has 0 amide bonds. The molecule has 0 aromatic rings. The Labute approximate surface area is 111 Å². The van der Waals surface area contributed by atoms with Crippen LogP contribution in [0.4, 0.5) is 0 Å². The van der Waals surface area contributed by atoms with Gasteiger partial charge in [-0.2, -0.15) is 0 Å². The van der Waals surface area contributed by atoms with Crippen LogP contribution in [0.15, 0.2) is 0 Å². The molecule has 0 aromatic heterocycles. The molecule has 0 atom stereocenters. The van der Waals surface area contributed by atoms with Gasteiger partial charge in [0.05, 0.1) is 11.3 Å². The van der Waals surface area contributed by atoms with E-state index in [9.17, 15) is 0 Å². The van der Waals surface area contributed by atoms with E-state index in [1.807, 2.05) is 0 Å². The molecule has 0 bridgehead atoms. The van der Waals surface area contributed by atoms with Gasteiger partial charge >= 0.3 is 59.1 Å². The molecule has 9 heavy (non-hydrogen) atoms. The SMILES string of the molecule is C.C.O.[Cl-].[Na+].[Na+].[O-][Cl+][O-]. The molecule has 0 saturated carbocycles. The fraction of sp³-hybridized carbons (Fsp3) is 1.00. The maximum absolute atomic E-state index is 8.24. The van der Waals surface area contributed by atoms with Crippen LogP contribution in [0.5, 0.6) is 0 Å². The first-order chi connectivity index (χ1) is 1.41. The van der Waals surface area contributed by atoms with Crippen molar-refractivity contribution in [1.29, 1.82) is 0 Å². The van der Waals surface area contributed by atoms with Crippen molar-refractivity contribution in [1.82, 2.24) is 0 Å². The third kappa shape index (κ3) is 124. The zero-order valence-corrected chi connectivity index (χ0v) is 9.58. The molecule has 3 nitrogen and oxygen atoms in total. The molecule has 0 heterocycles. The van der Waals surface area contributed by atoms with Crippen molar-refractivity contribution in [2.24, 2.45) is 0 Å². The fourth-order valence-corrected chi connectivity index (χ4v) is 0. The third-order valence-corrected chi connectivity index (χ3v) is 0. The molecule has 0 saturated heterocycles. The molecule has 0 rings (SSSR count). The number of halogens is 2. The van der Waals surface area contributed by atoms with Gasteiger partial charge in [-0.05, 0) is 0 Å². The van der Waals surface area contributed by atoms with Crippen molar-refractivity contribution in [2.75, 3.05) is 0 Å². The molecule has 0 radical (unpaired) electrons. The van der Waals surface area contributed by atoms with Gasteiger partial charge in [0.25, 0.3) is 0 Å². The number of rotatable bonds is 0. The van der Waals surface area contributed by atoms with Gasteiger partial charge in [0.2, 0.25) is 0 Å². The van der Waals surface area contributed by atoms with Crippen LogP contribution in [0.2, 0.25) is 0 Å². The van der Waals surface area contributed by atoms with Crippen LogP contribution in [0.25, 0.3) is 0 Å². The molecule has 0 fully saturated rings. The van der Waals surface area contributed by atoms with Crippen molar-refractivity contribution >= 4 is 0 Å². The van der Waals surface area contributed by atoms with E-state index in [0.717, 1.165) is 0 Å². The largest absolute Gasteiger partial charge is 1.00 e. The summed E-state index contributed by atoms with van der Waals surface area (Å²) in [5, 5.41) is 0. The Kier molecular flexibility index (Phi) is 548. The second kappa shape index (κ2) is 78.2. The van der Waals surface area contributed by atoms with Gasteiger partial charge in [-0.15, -0.1) is 0 Å². The van der Waals surface area contributed by atoms with Gasteiger partial charge in [0.1, 0.15) is 0 Å². The molecular formula is C2H10Cl2Na2O3. The maximum atomic E-state index is 8.24. The van der Waals surface area contributed by atoms with E-state index in [4.69, 9.17) is 9.32 Å². The first-order valence-electron chi connectivity index (χ1n) is 0.309. The molecule has 7 heteroatoms. The second-order valence-corrected chi connectivity index (χ2v) is 0.189. The van der Waals surface area contributed by atoms with E-state index in [-0.39, 0.29) is 91.9 Å². The normalized spacial score (nSPS) is 2.00. The average molecular weight is 199 g/mol. The molecule has 2 N–H and O–H groups in total. The Balaban J connectivity index is -0.00000000133. The topological polar surface area (TPSA) is 77.6 Å². The minimum absolute atomic E-state index is 0. The standard InChI is InChI=1S/2CH4.ClO2.ClH.2Na.H2O/c;;2-1-3;;;;/h2*1H4;;1H;;;1H2/q;;-1;;2*+1;/p-1. The Hall–Kier alpha value is 2.46. The van der Waals surface area contributed by atoms with Crippen molar-refractivity contribution in [3.63, 3.8) is 0 Å². The van der Waals surface area contributed by atoms with Crippen molar-refractivity contribution in [2.45, 2.75) is 14.9 Å². The summed E-state index contributed by atoms with van der Waals surface area (Å²) in [5.41, 5.74) is 0. The smallest absolute Gasteiger partial charge is 1.00 e. The molecule has 0 aromatic carbocycles. The van der Waals surface area contributed by atoms with Crippen LogP contribution in [-0.4, -0.2) is 5.48 Å². The third-order valence-electron chi connectivity index (χ3n) is 0. The van der Waals surface area contributed by atoms with Crippen LogP contribution >= 0.6 is 0 Å². The van der Waals surface area contributed by atoms with Crippen LogP contribution in [-0.2, 0) is 0 Å². The average Bonchev–Trinajstić information content (AvgIpc) is 0.918. The predicted molar refractivity (Wildman–Crippen MR) is 17.1 cm³/mol. The first-order valence-corrected chi connectivity index (χ1v) is 0.926. The minimum atomic E-state index is -0.417. The molecule has 52 valence electrons. The summed E-state index contributed by atoms with van der Waals surface area (Å²) < 4.78 is 16.5. The minimum Gasteiger partial charge on any atom is -1.00 e. The van der Waals surface area contributed by atoms with Gasteiger partial charge in [-0.25, -0.2) is 0 Å². The van der Waals surface area contributed by atoms with E-state index in [1.165, 1.54) is 0 Å². The summed E-state index contributed by atoms with van der Waals surface area (Å²) in [4.78, 5) is 0. The van der Waals surface area contributed by atoms with Crippen molar-refractivity contribution < 1.29 is 97.6 Å². The van der Waals surface area contributed by atoms with E-state index in [1.54, 1.807) is 0 Å². The Bertz CT molecular complexity index is 17.8. The van der Waals surface area contributed by atoms with Gasteiger partial charge in [0.15, 0.2) is 0 Å². The molecule has 0 spiro atoms. The fourth-order valence-electron chi connectivity index (χ4n) is 0. The molecule has 0 aliphatic rings. The summed E-state index contributed by atoms with van der Waals surface area (Å²) in [7, 11) is 0. The molecule has 0 aliphatic heterocycles. The maximum Gasteiger partial charge on any atom is 1.00 e. The summed E-state index contributed by atoms with van der Waals surface area (Å²) in [6.07, 6.45) is 0. The van der Waals surface area contributed by atoms with E-state index >= 15 is 0 Å². The van der Waals surface area contributed by atoms with Gasteiger partial charge < -0.3 is 27.2 Å². The molecule has 0 aliphatic carbocycles. The van der Waals surface area contributed by atoms with Crippen molar-refractivity contribution in [3.05, 3.63) is 0 Å². The van der Waals surface area contributed by atoms with Crippen LogP contribution in [0.1, 0.15) is 14.9 Å². The monoisotopic (exact) mass is 198 g/mol. The molecule has 0 unspecified atom stereocenters. The summed E-state index contributed by atoms with van der Waals surface area (Å²) in [5.74, 6) is 0. The Morgan fingerprint density at radius 3 is 0.889 bits per heavy atom. The quantitative estimate of drug-likeness (QED) is 0.363. The van der Waals surface area contributed by atoms with Gasteiger partial charge in [-0.3, -0.25) is 0 Å². The predicted octanol–water partition coefficient (Wildman–Crippen LogP) is -10.9.